The maximum Gasteiger partial charge on any atom is 0.126 e. The van der Waals surface area contributed by atoms with Gasteiger partial charge in [-0.05, 0) is 43.7 Å². The molecule has 0 aliphatic heterocycles. The predicted octanol–water partition coefficient (Wildman–Crippen LogP) is 4.26. The molecule has 1 unspecified atom stereocenters. The third-order valence-electron chi connectivity index (χ3n) is 3.40. The quantitative estimate of drug-likeness (QED) is 0.749. The van der Waals surface area contributed by atoms with E-state index in [1.54, 1.807) is 6.26 Å². The van der Waals surface area contributed by atoms with Crippen molar-refractivity contribution in [3.63, 3.8) is 0 Å². The van der Waals surface area contributed by atoms with Gasteiger partial charge in [-0.2, -0.15) is 0 Å². The average molecular weight is 266 g/mol. The van der Waals surface area contributed by atoms with Crippen LogP contribution in [0.2, 0.25) is 0 Å². The van der Waals surface area contributed by atoms with E-state index in [-0.39, 0.29) is 0 Å². The number of para-hydroxylation sites is 1. The van der Waals surface area contributed by atoms with Crippen LogP contribution in [-0.2, 0) is 6.42 Å². The molecule has 20 heavy (non-hydrogen) atoms. The van der Waals surface area contributed by atoms with Gasteiger partial charge < -0.3 is 9.73 Å². The third-order valence-corrected chi connectivity index (χ3v) is 3.40. The zero-order valence-electron chi connectivity index (χ0n) is 11.5. The number of hydrogen-bond acceptors (Lipinski definition) is 3. The molecule has 2 aromatic heterocycles. The highest BCUT2D eigenvalue weighted by molar-refractivity contribution is 5.80. The van der Waals surface area contributed by atoms with Gasteiger partial charge in [-0.1, -0.05) is 18.2 Å². The standard InChI is InChI=1S/C17H18N2O/c1-13(8-10-15-6-4-12-20-15)18-17-11-9-14-5-2-3-7-16(14)19-17/h2-7,9,11-13H,8,10H2,1H3,(H,18,19). The zero-order valence-corrected chi connectivity index (χ0v) is 11.5. The minimum absolute atomic E-state index is 0.355. The number of nitrogens with zero attached hydrogens (tertiary/aromatic N) is 1. The molecule has 3 heteroatoms. The molecule has 102 valence electrons. The molecule has 3 rings (SSSR count). The first-order valence-corrected chi connectivity index (χ1v) is 6.96. The lowest BCUT2D eigenvalue weighted by Gasteiger charge is -2.14. The van der Waals surface area contributed by atoms with E-state index in [1.807, 2.05) is 36.4 Å². The molecule has 2 heterocycles. The molecule has 0 spiro atoms. The number of nitrogens with one attached hydrogen (secondary N) is 1. The summed E-state index contributed by atoms with van der Waals surface area (Å²) in [5, 5.41) is 4.61. The van der Waals surface area contributed by atoms with E-state index in [0.717, 1.165) is 29.9 Å². The fourth-order valence-corrected chi connectivity index (χ4v) is 2.28. The normalized spacial score (nSPS) is 12.4. The van der Waals surface area contributed by atoms with Crippen molar-refractivity contribution in [1.82, 2.24) is 4.98 Å². The minimum atomic E-state index is 0.355. The number of rotatable bonds is 5. The second kappa shape index (κ2) is 5.78. The van der Waals surface area contributed by atoms with Crippen molar-refractivity contribution >= 4 is 16.7 Å². The van der Waals surface area contributed by atoms with Gasteiger partial charge in [-0.25, -0.2) is 4.98 Å². The van der Waals surface area contributed by atoms with Crippen LogP contribution < -0.4 is 5.32 Å². The minimum Gasteiger partial charge on any atom is -0.469 e. The zero-order chi connectivity index (χ0) is 13.8. The van der Waals surface area contributed by atoms with Gasteiger partial charge in [0.25, 0.3) is 0 Å². The van der Waals surface area contributed by atoms with E-state index in [9.17, 15) is 0 Å². The Labute approximate surface area is 118 Å². The number of furan rings is 1. The number of fused-ring (bicyclic) bond motifs is 1. The van der Waals surface area contributed by atoms with Gasteiger partial charge in [-0.15, -0.1) is 0 Å². The van der Waals surface area contributed by atoms with Gasteiger partial charge in [0.15, 0.2) is 0 Å². The molecule has 1 atom stereocenters. The maximum absolute atomic E-state index is 5.35. The van der Waals surface area contributed by atoms with Crippen LogP contribution in [0.25, 0.3) is 10.9 Å². The monoisotopic (exact) mass is 266 g/mol. The Bertz CT molecular complexity index is 676. The highest BCUT2D eigenvalue weighted by atomic mass is 16.3. The van der Waals surface area contributed by atoms with E-state index in [4.69, 9.17) is 4.42 Å². The maximum atomic E-state index is 5.35. The van der Waals surface area contributed by atoms with E-state index in [1.165, 1.54) is 5.39 Å². The molecule has 0 bridgehead atoms. The first kappa shape index (κ1) is 12.7. The number of aromatic nitrogens is 1. The summed E-state index contributed by atoms with van der Waals surface area (Å²) in [5.74, 6) is 1.96. The summed E-state index contributed by atoms with van der Waals surface area (Å²) < 4.78 is 5.35. The molecule has 1 N–H and O–H groups in total. The van der Waals surface area contributed by atoms with Crippen LogP contribution in [0.5, 0.6) is 0 Å². The van der Waals surface area contributed by atoms with Crippen LogP contribution >= 0.6 is 0 Å². The molecular weight excluding hydrogens is 248 g/mol. The summed E-state index contributed by atoms with van der Waals surface area (Å²) in [6.07, 6.45) is 3.68. The van der Waals surface area contributed by atoms with Crippen LogP contribution in [0.1, 0.15) is 19.1 Å². The highest BCUT2D eigenvalue weighted by Crippen LogP contribution is 2.16. The molecule has 3 nitrogen and oxygen atoms in total. The number of anilines is 1. The van der Waals surface area contributed by atoms with Crippen molar-refractivity contribution < 1.29 is 4.42 Å². The third kappa shape index (κ3) is 2.99. The van der Waals surface area contributed by atoms with E-state index < -0.39 is 0 Å². The van der Waals surface area contributed by atoms with Gasteiger partial charge in [0.05, 0.1) is 11.8 Å². The summed E-state index contributed by atoms with van der Waals surface area (Å²) in [4.78, 5) is 4.63. The van der Waals surface area contributed by atoms with Crippen molar-refractivity contribution in [2.75, 3.05) is 5.32 Å². The van der Waals surface area contributed by atoms with Crippen molar-refractivity contribution in [2.24, 2.45) is 0 Å². The van der Waals surface area contributed by atoms with Gasteiger partial charge in [0.2, 0.25) is 0 Å². The molecule has 0 radical (unpaired) electrons. The number of hydrogen-bond donors (Lipinski definition) is 1. The van der Waals surface area contributed by atoms with Crippen LogP contribution in [0.15, 0.2) is 59.2 Å². The average Bonchev–Trinajstić information content (AvgIpc) is 2.98. The van der Waals surface area contributed by atoms with Crippen molar-refractivity contribution in [1.29, 1.82) is 0 Å². The van der Waals surface area contributed by atoms with Crippen LogP contribution in [0.4, 0.5) is 5.82 Å². The van der Waals surface area contributed by atoms with Crippen LogP contribution in [0, 0.1) is 0 Å². The predicted molar refractivity (Wildman–Crippen MR) is 81.9 cm³/mol. The fraction of sp³-hybridized carbons (Fsp3) is 0.235. The molecule has 3 aromatic rings. The Morgan fingerprint density at radius 1 is 1.10 bits per heavy atom. The molecule has 0 aliphatic rings. The summed E-state index contributed by atoms with van der Waals surface area (Å²) in [6.45, 7) is 2.17. The largest absolute Gasteiger partial charge is 0.469 e. The Morgan fingerprint density at radius 3 is 2.85 bits per heavy atom. The summed E-state index contributed by atoms with van der Waals surface area (Å²) in [5.41, 5.74) is 1.02. The Kier molecular flexibility index (Phi) is 3.68. The lowest BCUT2D eigenvalue weighted by atomic mass is 10.1. The second-order valence-electron chi connectivity index (χ2n) is 5.05. The molecule has 1 aromatic carbocycles. The van der Waals surface area contributed by atoms with Gasteiger partial charge in [-0.3, -0.25) is 0 Å². The van der Waals surface area contributed by atoms with Gasteiger partial charge in [0.1, 0.15) is 11.6 Å². The van der Waals surface area contributed by atoms with E-state index in [2.05, 4.69) is 29.4 Å². The Hall–Kier alpha value is -2.29. The van der Waals surface area contributed by atoms with Crippen molar-refractivity contribution in [3.8, 4) is 0 Å². The summed E-state index contributed by atoms with van der Waals surface area (Å²) >= 11 is 0. The molecular formula is C17H18N2O. The van der Waals surface area contributed by atoms with Gasteiger partial charge in [0, 0.05) is 17.8 Å². The second-order valence-corrected chi connectivity index (χ2v) is 5.05. The molecule has 0 aliphatic carbocycles. The molecule has 0 saturated heterocycles. The van der Waals surface area contributed by atoms with E-state index >= 15 is 0 Å². The SMILES string of the molecule is CC(CCc1ccco1)Nc1ccc2ccccc2n1. The van der Waals surface area contributed by atoms with E-state index in [0.29, 0.717) is 6.04 Å². The Balaban J connectivity index is 1.63. The van der Waals surface area contributed by atoms with Gasteiger partial charge >= 0.3 is 0 Å². The smallest absolute Gasteiger partial charge is 0.126 e. The highest BCUT2D eigenvalue weighted by Gasteiger charge is 2.05. The van der Waals surface area contributed by atoms with Crippen LogP contribution in [0.3, 0.4) is 0 Å². The fourth-order valence-electron chi connectivity index (χ4n) is 2.28. The van der Waals surface area contributed by atoms with Crippen molar-refractivity contribution in [2.45, 2.75) is 25.8 Å². The molecule has 0 fully saturated rings. The summed E-state index contributed by atoms with van der Waals surface area (Å²) in [7, 11) is 0. The topological polar surface area (TPSA) is 38.1 Å². The molecule has 0 saturated carbocycles. The first-order valence-electron chi connectivity index (χ1n) is 6.96. The summed E-state index contributed by atoms with van der Waals surface area (Å²) in [6, 6.07) is 16.6. The number of aryl methyl sites for hydroxylation is 1. The van der Waals surface area contributed by atoms with Crippen LogP contribution in [-0.4, -0.2) is 11.0 Å². The number of benzene rings is 1. The Morgan fingerprint density at radius 2 is 2.00 bits per heavy atom. The number of pyridine rings is 1. The molecule has 0 amide bonds. The first-order chi connectivity index (χ1) is 9.81. The van der Waals surface area contributed by atoms with Crippen molar-refractivity contribution in [3.05, 3.63) is 60.6 Å². The lowest BCUT2D eigenvalue weighted by molar-refractivity contribution is 0.495. The lowest BCUT2D eigenvalue weighted by Crippen LogP contribution is -2.16.